The van der Waals surface area contributed by atoms with Crippen LogP contribution in [-0.4, -0.2) is 48.3 Å². The van der Waals surface area contributed by atoms with Gasteiger partial charge in [-0.25, -0.2) is 0 Å². The summed E-state index contributed by atoms with van der Waals surface area (Å²) in [5.41, 5.74) is 0.0996. The van der Waals surface area contributed by atoms with Crippen LogP contribution >= 0.6 is 0 Å². The molecule has 3 heteroatoms. The summed E-state index contributed by atoms with van der Waals surface area (Å²) in [6.45, 7) is 5.68. The van der Waals surface area contributed by atoms with Crippen molar-refractivity contribution in [3.63, 3.8) is 0 Å². The lowest BCUT2D eigenvalue weighted by Crippen LogP contribution is -2.50. The average Bonchev–Trinajstić information content (AvgIpc) is 2.64. The number of rotatable bonds is 6. The van der Waals surface area contributed by atoms with Crippen LogP contribution in [0.15, 0.2) is 0 Å². The molecule has 2 heterocycles. The van der Waals surface area contributed by atoms with Crippen LogP contribution in [0.3, 0.4) is 0 Å². The summed E-state index contributed by atoms with van der Waals surface area (Å²) in [4.78, 5) is 2.58. The second-order valence-corrected chi connectivity index (χ2v) is 6.46. The second kappa shape index (κ2) is 5.89. The Labute approximate surface area is 112 Å². The van der Waals surface area contributed by atoms with Gasteiger partial charge in [0, 0.05) is 36.7 Å². The van der Waals surface area contributed by atoms with E-state index < -0.39 is 0 Å². The molecular weight excluding hydrogens is 224 g/mol. The molecule has 2 bridgehead atoms. The van der Waals surface area contributed by atoms with E-state index in [-0.39, 0.29) is 5.41 Å². The van der Waals surface area contributed by atoms with E-state index in [0.29, 0.717) is 12.6 Å². The van der Waals surface area contributed by atoms with Crippen molar-refractivity contribution < 1.29 is 5.11 Å². The maximum absolute atomic E-state index is 9.62. The molecule has 0 saturated carbocycles. The van der Waals surface area contributed by atoms with E-state index in [2.05, 4.69) is 31.1 Å². The number of piperidine rings is 1. The number of nitrogens with zero attached hydrogens (tertiary/aromatic N) is 1. The second-order valence-electron chi connectivity index (χ2n) is 6.46. The topological polar surface area (TPSA) is 35.5 Å². The molecule has 0 amide bonds. The number of hydrogen-bond donors (Lipinski definition) is 2. The van der Waals surface area contributed by atoms with Crippen LogP contribution < -0.4 is 5.32 Å². The summed E-state index contributed by atoms with van der Waals surface area (Å²) < 4.78 is 0. The van der Waals surface area contributed by atoms with Crippen LogP contribution in [0.25, 0.3) is 0 Å². The SMILES string of the molecule is CCC(CC)(CO)CNC1CC2CCC(C1)N2C. The van der Waals surface area contributed by atoms with Crippen LogP contribution in [0.4, 0.5) is 0 Å². The van der Waals surface area contributed by atoms with E-state index in [4.69, 9.17) is 0 Å². The Morgan fingerprint density at radius 2 is 1.72 bits per heavy atom. The van der Waals surface area contributed by atoms with Crippen molar-refractivity contribution in [2.24, 2.45) is 5.41 Å². The predicted octanol–water partition coefficient (Wildman–Crippen LogP) is 2.00. The fourth-order valence-corrected chi connectivity index (χ4v) is 3.72. The quantitative estimate of drug-likeness (QED) is 0.761. The maximum Gasteiger partial charge on any atom is 0.0499 e. The average molecular weight is 254 g/mol. The van der Waals surface area contributed by atoms with Gasteiger partial charge in [0.15, 0.2) is 0 Å². The van der Waals surface area contributed by atoms with Crippen molar-refractivity contribution >= 4 is 0 Å². The highest BCUT2D eigenvalue weighted by molar-refractivity contribution is 4.96. The molecule has 0 aromatic carbocycles. The molecule has 0 radical (unpaired) electrons. The smallest absolute Gasteiger partial charge is 0.0499 e. The van der Waals surface area contributed by atoms with Gasteiger partial charge in [0.25, 0.3) is 0 Å². The van der Waals surface area contributed by atoms with Crippen molar-refractivity contribution in [3.05, 3.63) is 0 Å². The molecule has 0 aliphatic carbocycles. The molecule has 2 fully saturated rings. The highest BCUT2D eigenvalue weighted by atomic mass is 16.3. The molecule has 2 N–H and O–H groups in total. The summed E-state index contributed by atoms with van der Waals surface area (Å²) in [6.07, 6.45) is 7.47. The fraction of sp³-hybridized carbons (Fsp3) is 1.00. The van der Waals surface area contributed by atoms with Crippen molar-refractivity contribution in [1.82, 2.24) is 10.2 Å². The van der Waals surface area contributed by atoms with E-state index >= 15 is 0 Å². The van der Waals surface area contributed by atoms with E-state index in [9.17, 15) is 5.11 Å². The summed E-state index contributed by atoms with van der Waals surface area (Å²) >= 11 is 0. The molecule has 2 unspecified atom stereocenters. The van der Waals surface area contributed by atoms with Gasteiger partial charge in [-0.15, -0.1) is 0 Å². The van der Waals surface area contributed by atoms with E-state index in [1.54, 1.807) is 0 Å². The Morgan fingerprint density at radius 3 is 2.17 bits per heavy atom. The Balaban J connectivity index is 1.84. The first-order chi connectivity index (χ1) is 8.64. The zero-order valence-corrected chi connectivity index (χ0v) is 12.3. The van der Waals surface area contributed by atoms with E-state index in [1.807, 2.05) is 0 Å². The predicted molar refractivity (Wildman–Crippen MR) is 75.7 cm³/mol. The summed E-state index contributed by atoms with van der Waals surface area (Å²) in [6, 6.07) is 2.27. The number of nitrogens with one attached hydrogen (secondary N) is 1. The van der Waals surface area contributed by atoms with Crippen LogP contribution in [0, 0.1) is 5.41 Å². The van der Waals surface area contributed by atoms with Gasteiger partial charge in [0.05, 0.1) is 0 Å². The fourth-order valence-electron chi connectivity index (χ4n) is 3.72. The Morgan fingerprint density at radius 1 is 1.17 bits per heavy atom. The van der Waals surface area contributed by atoms with Gasteiger partial charge in [-0.1, -0.05) is 13.8 Å². The minimum atomic E-state index is 0.0996. The number of aliphatic hydroxyl groups excluding tert-OH is 1. The number of fused-ring (bicyclic) bond motifs is 2. The minimum Gasteiger partial charge on any atom is -0.396 e. The van der Waals surface area contributed by atoms with Gasteiger partial charge in [-0.2, -0.15) is 0 Å². The van der Waals surface area contributed by atoms with Crippen molar-refractivity contribution in [2.45, 2.75) is 70.5 Å². The molecule has 2 atom stereocenters. The monoisotopic (exact) mass is 254 g/mol. The third-order valence-corrected chi connectivity index (χ3v) is 5.70. The first-order valence-electron chi connectivity index (χ1n) is 7.70. The van der Waals surface area contributed by atoms with Crippen molar-refractivity contribution in [1.29, 1.82) is 0 Å². The normalized spacial score (nSPS) is 33.0. The molecule has 0 aromatic heterocycles. The van der Waals surface area contributed by atoms with Gasteiger partial charge in [-0.3, -0.25) is 0 Å². The largest absolute Gasteiger partial charge is 0.396 e. The van der Waals surface area contributed by atoms with Gasteiger partial charge in [-0.05, 0) is 45.6 Å². The van der Waals surface area contributed by atoms with Gasteiger partial charge in [0.2, 0.25) is 0 Å². The lowest BCUT2D eigenvalue weighted by molar-refractivity contribution is 0.0951. The molecule has 0 spiro atoms. The lowest BCUT2D eigenvalue weighted by Gasteiger charge is -2.39. The molecule has 2 saturated heterocycles. The maximum atomic E-state index is 9.62. The van der Waals surface area contributed by atoms with Crippen LogP contribution in [-0.2, 0) is 0 Å². The van der Waals surface area contributed by atoms with Crippen molar-refractivity contribution in [3.8, 4) is 0 Å². The first-order valence-corrected chi connectivity index (χ1v) is 7.70. The molecule has 2 aliphatic rings. The molecule has 2 aliphatic heterocycles. The van der Waals surface area contributed by atoms with Crippen LogP contribution in [0.2, 0.25) is 0 Å². The molecule has 106 valence electrons. The number of hydrogen-bond acceptors (Lipinski definition) is 3. The molecule has 2 rings (SSSR count). The Hall–Kier alpha value is -0.120. The highest BCUT2D eigenvalue weighted by Crippen LogP contribution is 2.34. The molecule has 0 aromatic rings. The zero-order chi connectivity index (χ0) is 13.2. The minimum absolute atomic E-state index is 0.0996. The Kier molecular flexibility index (Phi) is 4.68. The third kappa shape index (κ3) is 2.73. The van der Waals surface area contributed by atoms with Crippen LogP contribution in [0.5, 0.6) is 0 Å². The lowest BCUT2D eigenvalue weighted by atomic mass is 9.82. The van der Waals surface area contributed by atoms with Gasteiger partial charge < -0.3 is 15.3 Å². The van der Waals surface area contributed by atoms with Gasteiger partial charge >= 0.3 is 0 Å². The summed E-state index contributed by atoms with van der Waals surface area (Å²) in [7, 11) is 2.29. The zero-order valence-electron chi connectivity index (χ0n) is 12.3. The standard InChI is InChI=1S/C15H30N2O/c1-4-15(5-2,11-18)10-16-12-8-13-6-7-14(9-12)17(13)3/h12-14,16,18H,4-11H2,1-3H3. The van der Waals surface area contributed by atoms with Gasteiger partial charge in [0.1, 0.15) is 0 Å². The first kappa shape index (κ1) is 14.3. The molecular formula is C15H30N2O. The summed E-state index contributed by atoms with van der Waals surface area (Å²) in [5.74, 6) is 0. The summed E-state index contributed by atoms with van der Waals surface area (Å²) in [5, 5.41) is 13.4. The molecule has 3 nitrogen and oxygen atoms in total. The highest BCUT2D eigenvalue weighted by Gasteiger charge is 2.38. The van der Waals surface area contributed by atoms with Crippen molar-refractivity contribution in [2.75, 3.05) is 20.2 Å². The molecule has 18 heavy (non-hydrogen) atoms. The van der Waals surface area contributed by atoms with E-state index in [0.717, 1.165) is 31.5 Å². The third-order valence-electron chi connectivity index (χ3n) is 5.70. The number of aliphatic hydroxyl groups is 1. The van der Waals surface area contributed by atoms with Crippen LogP contribution in [0.1, 0.15) is 52.4 Å². The van der Waals surface area contributed by atoms with E-state index in [1.165, 1.54) is 25.7 Å². The Bertz CT molecular complexity index is 243.